The van der Waals surface area contributed by atoms with E-state index in [4.69, 9.17) is 9.97 Å². The number of thiophene rings is 1. The Hall–Kier alpha value is -2.53. The molecule has 0 unspecified atom stereocenters. The normalized spacial score (nSPS) is 11.3. The Labute approximate surface area is 151 Å². The van der Waals surface area contributed by atoms with Gasteiger partial charge in [-0.3, -0.25) is 0 Å². The van der Waals surface area contributed by atoms with Crippen molar-refractivity contribution >= 4 is 21.6 Å². The minimum Gasteiger partial charge on any atom is -0.221 e. The number of fused-ring (bicyclic) bond motifs is 1. The highest BCUT2D eigenvalue weighted by molar-refractivity contribution is 7.18. The van der Waals surface area contributed by atoms with Gasteiger partial charge in [-0.25, -0.2) is 14.6 Å². The van der Waals surface area contributed by atoms with E-state index < -0.39 is 0 Å². The molecule has 4 rings (SSSR count). The van der Waals surface area contributed by atoms with Gasteiger partial charge in [-0.15, -0.1) is 11.3 Å². The number of aromatic nitrogens is 4. The molecule has 4 nitrogen and oxygen atoms in total. The van der Waals surface area contributed by atoms with Crippen molar-refractivity contribution in [1.29, 1.82) is 0 Å². The summed E-state index contributed by atoms with van der Waals surface area (Å²) in [4.78, 5) is 12.1. The van der Waals surface area contributed by atoms with E-state index in [1.807, 2.05) is 17.7 Å². The zero-order valence-corrected chi connectivity index (χ0v) is 15.5. The van der Waals surface area contributed by atoms with Crippen LogP contribution in [0.25, 0.3) is 16.0 Å². The number of benzene rings is 1. The molecule has 0 aliphatic rings. The van der Waals surface area contributed by atoms with Crippen LogP contribution in [0.15, 0.2) is 42.5 Å². The Morgan fingerprint density at radius 3 is 2.52 bits per heavy atom. The minimum atomic E-state index is 0.725. The Morgan fingerprint density at radius 1 is 1.04 bits per heavy atom. The molecular formula is C20H20N4S. The van der Waals surface area contributed by atoms with Crippen LogP contribution in [0.5, 0.6) is 0 Å². The lowest BCUT2D eigenvalue weighted by Crippen LogP contribution is -2.07. The monoisotopic (exact) mass is 348 g/mol. The Balaban J connectivity index is 1.89. The second-order valence-electron chi connectivity index (χ2n) is 6.25. The molecule has 0 atom stereocenters. The first kappa shape index (κ1) is 16.0. The van der Waals surface area contributed by atoms with Crippen LogP contribution >= 0.6 is 11.3 Å². The lowest BCUT2D eigenvalue weighted by atomic mass is 10.1. The maximum Gasteiger partial charge on any atom is 0.166 e. The first-order valence-corrected chi connectivity index (χ1v) is 9.32. The van der Waals surface area contributed by atoms with Crippen molar-refractivity contribution in [2.24, 2.45) is 0 Å². The van der Waals surface area contributed by atoms with Gasteiger partial charge in [0.05, 0.1) is 11.1 Å². The summed E-state index contributed by atoms with van der Waals surface area (Å²) in [7, 11) is 0. The molecule has 126 valence electrons. The highest BCUT2D eigenvalue weighted by Crippen LogP contribution is 2.29. The molecule has 0 radical (unpaired) electrons. The zero-order valence-electron chi connectivity index (χ0n) is 14.7. The molecule has 0 bridgehead atoms. The van der Waals surface area contributed by atoms with Gasteiger partial charge in [-0.2, -0.15) is 5.10 Å². The molecule has 0 saturated heterocycles. The maximum atomic E-state index is 4.88. The van der Waals surface area contributed by atoms with Crippen LogP contribution in [0, 0.1) is 13.8 Å². The van der Waals surface area contributed by atoms with Gasteiger partial charge in [0.25, 0.3) is 0 Å². The van der Waals surface area contributed by atoms with E-state index in [0.29, 0.717) is 0 Å². The fourth-order valence-electron chi connectivity index (χ4n) is 3.04. The van der Waals surface area contributed by atoms with Gasteiger partial charge in [0.1, 0.15) is 10.7 Å². The van der Waals surface area contributed by atoms with E-state index in [1.54, 1.807) is 11.3 Å². The predicted octanol–water partition coefficient (Wildman–Crippen LogP) is 4.65. The quantitative estimate of drug-likeness (QED) is 0.539. The summed E-state index contributed by atoms with van der Waals surface area (Å²) < 4.78 is 1.94. The summed E-state index contributed by atoms with van der Waals surface area (Å²) >= 11 is 1.75. The number of hydrogen-bond acceptors (Lipinski definition) is 4. The highest BCUT2D eigenvalue weighted by Gasteiger charge is 2.15. The van der Waals surface area contributed by atoms with Crippen molar-refractivity contribution in [2.75, 3.05) is 0 Å². The van der Waals surface area contributed by atoms with Crippen LogP contribution in [0.3, 0.4) is 0 Å². The zero-order chi connectivity index (χ0) is 17.4. The first-order valence-electron chi connectivity index (χ1n) is 8.51. The van der Waals surface area contributed by atoms with Gasteiger partial charge in [-0.05, 0) is 38.0 Å². The SMILES string of the molecule is CCc1cc2c(-n3nc(C)cc3C)nc(Cc3ccccc3)nc2s1. The van der Waals surface area contributed by atoms with E-state index >= 15 is 0 Å². The van der Waals surface area contributed by atoms with Gasteiger partial charge in [0.2, 0.25) is 0 Å². The van der Waals surface area contributed by atoms with Crippen molar-refractivity contribution in [3.63, 3.8) is 0 Å². The number of hydrogen-bond donors (Lipinski definition) is 0. The lowest BCUT2D eigenvalue weighted by molar-refractivity contribution is 0.798. The summed E-state index contributed by atoms with van der Waals surface area (Å²) in [5.74, 6) is 1.73. The van der Waals surface area contributed by atoms with Gasteiger partial charge >= 0.3 is 0 Å². The third-order valence-electron chi connectivity index (χ3n) is 4.23. The second-order valence-corrected chi connectivity index (χ2v) is 7.37. The third kappa shape index (κ3) is 3.07. The van der Waals surface area contributed by atoms with Crippen LogP contribution in [-0.2, 0) is 12.8 Å². The van der Waals surface area contributed by atoms with Gasteiger partial charge < -0.3 is 0 Å². The summed E-state index contributed by atoms with van der Waals surface area (Å²) in [5.41, 5.74) is 3.31. The molecule has 1 aromatic carbocycles. The predicted molar refractivity (Wildman–Crippen MR) is 103 cm³/mol. The molecule has 3 heterocycles. The van der Waals surface area contributed by atoms with E-state index in [1.165, 1.54) is 10.4 Å². The van der Waals surface area contributed by atoms with E-state index in [2.05, 4.69) is 55.3 Å². The molecule has 0 saturated carbocycles. The van der Waals surface area contributed by atoms with Crippen molar-refractivity contribution in [3.05, 3.63) is 70.1 Å². The fraction of sp³-hybridized carbons (Fsp3) is 0.250. The van der Waals surface area contributed by atoms with Crippen molar-refractivity contribution in [1.82, 2.24) is 19.7 Å². The smallest absolute Gasteiger partial charge is 0.166 e. The maximum absolute atomic E-state index is 4.88. The number of aryl methyl sites for hydroxylation is 3. The van der Waals surface area contributed by atoms with Crippen LogP contribution in [0.1, 0.15) is 34.6 Å². The average molecular weight is 348 g/mol. The Kier molecular flexibility index (Phi) is 4.09. The Morgan fingerprint density at radius 2 is 1.84 bits per heavy atom. The fourth-order valence-corrected chi connectivity index (χ4v) is 4.02. The summed E-state index contributed by atoms with van der Waals surface area (Å²) in [6.07, 6.45) is 1.73. The van der Waals surface area contributed by atoms with Gasteiger partial charge in [0.15, 0.2) is 5.82 Å². The lowest BCUT2D eigenvalue weighted by Gasteiger charge is -2.08. The third-order valence-corrected chi connectivity index (χ3v) is 5.41. The highest BCUT2D eigenvalue weighted by atomic mass is 32.1. The topological polar surface area (TPSA) is 43.6 Å². The number of rotatable bonds is 4. The van der Waals surface area contributed by atoms with E-state index in [-0.39, 0.29) is 0 Å². The molecule has 0 fully saturated rings. The molecule has 4 aromatic rings. The van der Waals surface area contributed by atoms with Crippen molar-refractivity contribution in [2.45, 2.75) is 33.6 Å². The Bertz CT molecular complexity index is 1030. The molecule has 0 amide bonds. The molecule has 5 heteroatoms. The van der Waals surface area contributed by atoms with Crippen LogP contribution in [0.4, 0.5) is 0 Å². The van der Waals surface area contributed by atoms with E-state index in [0.717, 1.165) is 46.1 Å². The van der Waals surface area contributed by atoms with E-state index in [9.17, 15) is 0 Å². The molecule has 25 heavy (non-hydrogen) atoms. The van der Waals surface area contributed by atoms with Crippen molar-refractivity contribution in [3.8, 4) is 5.82 Å². The van der Waals surface area contributed by atoms with Gasteiger partial charge in [-0.1, -0.05) is 37.3 Å². The largest absolute Gasteiger partial charge is 0.221 e. The second kappa shape index (κ2) is 6.41. The first-order chi connectivity index (χ1) is 12.1. The van der Waals surface area contributed by atoms with Crippen molar-refractivity contribution < 1.29 is 0 Å². The molecule has 0 N–H and O–H groups in total. The summed E-state index contributed by atoms with van der Waals surface area (Å²) in [5, 5.41) is 5.73. The molecule has 0 spiro atoms. The standard InChI is InChI=1S/C20H20N4S/c1-4-16-12-17-19(24-14(3)10-13(2)23-24)21-18(22-20(17)25-16)11-15-8-6-5-7-9-15/h5-10,12H,4,11H2,1-3H3. The summed E-state index contributed by atoms with van der Waals surface area (Å²) in [6.45, 7) is 6.25. The molecule has 0 aliphatic carbocycles. The van der Waals surface area contributed by atoms with Gasteiger partial charge in [0, 0.05) is 17.0 Å². The number of nitrogens with zero attached hydrogens (tertiary/aromatic N) is 4. The molecular weight excluding hydrogens is 328 g/mol. The molecule has 0 aliphatic heterocycles. The molecule has 3 aromatic heterocycles. The van der Waals surface area contributed by atoms with Crippen LogP contribution in [0.2, 0.25) is 0 Å². The average Bonchev–Trinajstić information content (AvgIpc) is 3.17. The van der Waals surface area contributed by atoms with Crippen LogP contribution < -0.4 is 0 Å². The minimum absolute atomic E-state index is 0.725. The summed E-state index contributed by atoms with van der Waals surface area (Å²) in [6, 6.07) is 14.6. The van der Waals surface area contributed by atoms with Crippen LogP contribution in [-0.4, -0.2) is 19.7 Å².